The Labute approximate surface area is 111 Å². The maximum atomic E-state index is 13.2. The number of nitrogens with one attached hydrogen (secondary N) is 1. The van der Waals surface area contributed by atoms with Crippen molar-refractivity contribution in [3.63, 3.8) is 0 Å². The smallest absolute Gasteiger partial charge is 0.366 e. The monoisotopic (exact) mass is 318 g/mol. The summed E-state index contributed by atoms with van der Waals surface area (Å²) in [4.78, 5) is 21.6. The average molecular weight is 318 g/mol. The van der Waals surface area contributed by atoms with Crippen LogP contribution in [0.3, 0.4) is 0 Å². The minimum atomic E-state index is -6.21. The van der Waals surface area contributed by atoms with E-state index in [4.69, 9.17) is 0 Å². The summed E-state index contributed by atoms with van der Waals surface area (Å²) in [5, 5.41) is 0.921. The Bertz CT molecular complexity index is 598. The number of nitrogens with two attached hydrogens (primary N) is 1. The van der Waals surface area contributed by atoms with Gasteiger partial charge in [0.15, 0.2) is 0 Å². The summed E-state index contributed by atoms with van der Waals surface area (Å²) in [6.07, 6.45) is -6.21. The lowest BCUT2D eigenvalue weighted by Crippen LogP contribution is -2.47. The Morgan fingerprint density at radius 1 is 1.00 bits per heavy atom. The van der Waals surface area contributed by atoms with Crippen molar-refractivity contribution in [1.82, 2.24) is 0 Å². The number of hydrogen-bond acceptors (Lipinski definition) is 2. The highest BCUT2D eigenvalue weighted by atomic mass is 19.4. The predicted octanol–water partition coefficient (Wildman–Crippen LogP) is 2.20. The molecule has 0 aliphatic heterocycles. The quantitative estimate of drug-likeness (QED) is 0.839. The molecule has 3 N–H and O–H groups in total. The van der Waals surface area contributed by atoms with Crippen molar-refractivity contribution in [3.8, 4) is 0 Å². The molecule has 0 saturated heterocycles. The molecule has 21 heavy (non-hydrogen) atoms. The van der Waals surface area contributed by atoms with E-state index in [0.29, 0.717) is 0 Å². The van der Waals surface area contributed by atoms with E-state index in [0.717, 1.165) is 5.32 Å². The van der Waals surface area contributed by atoms with Gasteiger partial charge in [0.2, 0.25) is 0 Å². The molecule has 0 spiro atoms. The molecule has 1 rings (SSSR count). The topological polar surface area (TPSA) is 72.2 Å². The molecule has 0 saturated carbocycles. The molecule has 1 aromatic rings. The van der Waals surface area contributed by atoms with Crippen LogP contribution in [0.2, 0.25) is 0 Å². The number of hydrogen-bond donors (Lipinski definition) is 2. The Morgan fingerprint density at radius 2 is 1.52 bits per heavy atom. The molecule has 116 valence electrons. The molecule has 0 atom stereocenters. The largest absolute Gasteiger partial charge is 0.463 e. The summed E-state index contributed by atoms with van der Waals surface area (Å²) in [6.45, 7) is 0. The van der Waals surface area contributed by atoms with Crippen molar-refractivity contribution in [2.45, 2.75) is 12.1 Å². The second kappa shape index (κ2) is 5.22. The fourth-order valence-corrected chi connectivity index (χ4v) is 1.16. The van der Waals surface area contributed by atoms with E-state index in [2.05, 4.69) is 5.73 Å². The number of benzene rings is 1. The first-order chi connectivity index (χ1) is 9.37. The third kappa shape index (κ3) is 3.23. The number of primary amides is 1. The third-order valence-electron chi connectivity index (χ3n) is 2.21. The van der Waals surface area contributed by atoms with E-state index in [-0.39, 0.29) is 12.1 Å². The maximum absolute atomic E-state index is 13.2. The molecule has 11 heteroatoms. The number of carbonyl (C=O) groups excluding carboxylic acids is 2. The molecular formula is C10H5F7N2O2. The zero-order chi connectivity index (χ0) is 16.6. The van der Waals surface area contributed by atoms with E-state index in [1.165, 1.54) is 0 Å². The van der Waals surface area contributed by atoms with Crippen LogP contribution < -0.4 is 11.1 Å². The van der Waals surface area contributed by atoms with Gasteiger partial charge in [-0.3, -0.25) is 9.59 Å². The van der Waals surface area contributed by atoms with E-state index in [1.54, 1.807) is 0 Å². The lowest BCUT2D eigenvalue weighted by atomic mass is 10.1. The number of halogens is 7. The van der Waals surface area contributed by atoms with Gasteiger partial charge in [0.05, 0.1) is 11.3 Å². The van der Waals surface area contributed by atoms with E-state index in [9.17, 15) is 40.3 Å². The summed E-state index contributed by atoms with van der Waals surface area (Å²) in [5.74, 6) is -13.3. The van der Waals surface area contributed by atoms with E-state index < -0.39 is 46.8 Å². The first-order valence-corrected chi connectivity index (χ1v) is 4.92. The van der Waals surface area contributed by atoms with Crippen molar-refractivity contribution < 1.29 is 40.3 Å². The van der Waals surface area contributed by atoms with Gasteiger partial charge in [-0.1, -0.05) is 0 Å². The normalized spacial score (nSPS) is 12.1. The second-order valence-electron chi connectivity index (χ2n) is 3.70. The molecule has 1 aromatic carbocycles. The van der Waals surface area contributed by atoms with Gasteiger partial charge in [-0.15, -0.1) is 0 Å². The van der Waals surface area contributed by atoms with Crippen LogP contribution in [0.15, 0.2) is 12.1 Å². The average Bonchev–Trinajstić information content (AvgIpc) is 2.30. The maximum Gasteiger partial charge on any atom is 0.463 e. The van der Waals surface area contributed by atoms with Crippen molar-refractivity contribution in [3.05, 3.63) is 29.3 Å². The Balaban J connectivity index is 3.17. The van der Waals surface area contributed by atoms with Gasteiger partial charge in [0, 0.05) is 6.07 Å². The summed E-state index contributed by atoms with van der Waals surface area (Å²) in [7, 11) is 0. The van der Waals surface area contributed by atoms with Gasteiger partial charge in [0.25, 0.3) is 5.91 Å². The summed E-state index contributed by atoms with van der Waals surface area (Å²) in [5.41, 5.74) is 2.43. The molecule has 4 nitrogen and oxygen atoms in total. The molecule has 2 amide bonds. The molecule has 0 aliphatic rings. The first kappa shape index (κ1) is 16.7. The highest BCUT2D eigenvalue weighted by Crippen LogP contribution is 2.36. The number of alkyl halides is 5. The third-order valence-corrected chi connectivity index (χ3v) is 2.21. The molecule has 0 unspecified atom stereocenters. The standard InChI is InChI=1S/C10H5F7N2O2/c11-4-2-5(12)6(1-3(4)7(18)20)19-8(21)9(13,14)10(15,16)17/h1-2H,(H2,18,20)(H,19,21). The Morgan fingerprint density at radius 3 is 1.95 bits per heavy atom. The fraction of sp³-hybridized carbons (Fsp3) is 0.200. The molecule has 0 bridgehead atoms. The van der Waals surface area contributed by atoms with Crippen molar-refractivity contribution in [2.75, 3.05) is 5.32 Å². The zero-order valence-electron chi connectivity index (χ0n) is 9.69. The lowest BCUT2D eigenvalue weighted by molar-refractivity contribution is -0.267. The number of carbonyl (C=O) groups is 2. The molecule has 0 fully saturated rings. The van der Waals surface area contributed by atoms with Crippen LogP contribution in [0.4, 0.5) is 36.4 Å². The second-order valence-corrected chi connectivity index (χ2v) is 3.70. The van der Waals surface area contributed by atoms with E-state index >= 15 is 0 Å². The van der Waals surface area contributed by atoms with Crippen LogP contribution in [0.1, 0.15) is 10.4 Å². The van der Waals surface area contributed by atoms with Crippen LogP contribution in [-0.4, -0.2) is 23.9 Å². The van der Waals surface area contributed by atoms with Crippen LogP contribution in [-0.2, 0) is 4.79 Å². The minimum absolute atomic E-state index is 0.00143. The molecule has 0 heterocycles. The van der Waals surface area contributed by atoms with Crippen LogP contribution in [0.5, 0.6) is 0 Å². The number of amides is 2. The fourth-order valence-electron chi connectivity index (χ4n) is 1.16. The molecule has 0 radical (unpaired) electrons. The Hall–Kier alpha value is -2.33. The van der Waals surface area contributed by atoms with Gasteiger partial charge in [0.1, 0.15) is 11.6 Å². The van der Waals surface area contributed by atoms with Gasteiger partial charge < -0.3 is 11.1 Å². The van der Waals surface area contributed by atoms with E-state index in [1.807, 2.05) is 0 Å². The van der Waals surface area contributed by atoms with Crippen LogP contribution in [0, 0.1) is 11.6 Å². The summed E-state index contributed by atoms with van der Waals surface area (Å²) >= 11 is 0. The zero-order valence-corrected chi connectivity index (χ0v) is 9.69. The van der Waals surface area contributed by atoms with Crippen molar-refractivity contribution >= 4 is 17.5 Å². The highest BCUT2D eigenvalue weighted by molar-refractivity contribution is 5.99. The molecular weight excluding hydrogens is 313 g/mol. The van der Waals surface area contributed by atoms with Gasteiger partial charge in [-0.25, -0.2) is 8.78 Å². The lowest BCUT2D eigenvalue weighted by Gasteiger charge is -2.19. The molecule has 0 aromatic heterocycles. The van der Waals surface area contributed by atoms with Gasteiger partial charge in [-0.2, -0.15) is 22.0 Å². The minimum Gasteiger partial charge on any atom is -0.366 e. The van der Waals surface area contributed by atoms with Gasteiger partial charge >= 0.3 is 18.0 Å². The predicted molar refractivity (Wildman–Crippen MR) is 54.5 cm³/mol. The summed E-state index contributed by atoms with van der Waals surface area (Å²) < 4.78 is 87.3. The summed E-state index contributed by atoms with van der Waals surface area (Å²) in [6, 6.07) is 0.207. The first-order valence-electron chi connectivity index (χ1n) is 4.92. The highest BCUT2D eigenvalue weighted by Gasteiger charge is 2.63. The van der Waals surface area contributed by atoms with Crippen LogP contribution in [0.25, 0.3) is 0 Å². The SMILES string of the molecule is NC(=O)c1cc(NC(=O)C(F)(F)C(F)(F)F)c(F)cc1F. The van der Waals surface area contributed by atoms with Crippen molar-refractivity contribution in [1.29, 1.82) is 0 Å². The van der Waals surface area contributed by atoms with Gasteiger partial charge in [-0.05, 0) is 6.07 Å². The number of rotatable bonds is 3. The van der Waals surface area contributed by atoms with Crippen LogP contribution >= 0.6 is 0 Å². The Kier molecular flexibility index (Phi) is 4.16. The van der Waals surface area contributed by atoms with Crippen molar-refractivity contribution in [2.24, 2.45) is 5.73 Å². The number of anilines is 1. The molecule has 0 aliphatic carbocycles.